The Kier molecular flexibility index (Phi) is 3.46. The number of nitrogens with zero attached hydrogens (tertiary/aromatic N) is 2. The van der Waals surface area contributed by atoms with E-state index in [2.05, 4.69) is 4.99 Å². The predicted octanol–water partition coefficient (Wildman–Crippen LogP) is 0.735. The van der Waals surface area contributed by atoms with Crippen molar-refractivity contribution in [2.75, 3.05) is 26.3 Å². The molecule has 2 N–H and O–H groups in total. The molecule has 16 heavy (non-hydrogen) atoms. The second-order valence-electron chi connectivity index (χ2n) is 3.80. The molecule has 5 heteroatoms. The van der Waals surface area contributed by atoms with Gasteiger partial charge in [0.15, 0.2) is 5.96 Å². The van der Waals surface area contributed by atoms with Gasteiger partial charge in [-0.05, 0) is 18.6 Å². The maximum absolute atomic E-state index is 5.89. The van der Waals surface area contributed by atoms with Gasteiger partial charge in [-0.1, -0.05) is 0 Å². The fraction of sp³-hybridized carbons (Fsp3) is 0.545. The van der Waals surface area contributed by atoms with Gasteiger partial charge in [-0.2, -0.15) is 0 Å². The van der Waals surface area contributed by atoms with E-state index in [0.717, 1.165) is 37.6 Å². The SMILES string of the molecule is Cc1ccoc1CN=C(N)N1CCOCC1. The van der Waals surface area contributed by atoms with Crippen LogP contribution in [0.5, 0.6) is 0 Å². The van der Waals surface area contributed by atoms with Gasteiger partial charge in [-0.15, -0.1) is 0 Å². The van der Waals surface area contributed by atoms with E-state index in [1.165, 1.54) is 0 Å². The highest BCUT2D eigenvalue weighted by atomic mass is 16.5. The molecule has 1 aliphatic rings. The molecule has 1 saturated heterocycles. The van der Waals surface area contributed by atoms with Crippen LogP contribution >= 0.6 is 0 Å². The normalized spacial score (nSPS) is 17.8. The molecule has 0 saturated carbocycles. The summed E-state index contributed by atoms with van der Waals surface area (Å²) in [5.41, 5.74) is 7.00. The number of aliphatic imine (C=N–C) groups is 1. The van der Waals surface area contributed by atoms with Crippen LogP contribution in [0.2, 0.25) is 0 Å². The summed E-state index contributed by atoms with van der Waals surface area (Å²) >= 11 is 0. The highest BCUT2D eigenvalue weighted by Crippen LogP contribution is 2.10. The Hall–Kier alpha value is -1.49. The Labute approximate surface area is 94.9 Å². The first-order valence-electron chi connectivity index (χ1n) is 5.43. The van der Waals surface area contributed by atoms with Crippen molar-refractivity contribution in [3.8, 4) is 0 Å². The molecule has 0 atom stereocenters. The number of rotatable bonds is 2. The third-order valence-electron chi connectivity index (χ3n) is 2.69. The van der Waals surface area contributed by atoms with Crippen molar-refractivity contribution in [1.82, 2.24) is 4.90 Å². The third kappa shape index (κ3) is 2.55. The molecule has 1 aromatic heterocycles. The molecule has 0 bridgehead atoms. The van der Waals surface area contributed by atoms with Gasteiger partial charge in [0.05, 0.1) is 19.5 Å². The summed E-state index contributed by atoms with van der Waals surface area (Å²) in [4.78, 5) is 6.35. The van der Waals surface area contributed by atoms with Gasteiger partial charge in [0.25, 0.3) is 0 Å². The zero-order chi connectivity index (χ0) is 11.4. The number of morpholine rings is 1. The van der Waals surface area contributed by atoms with Crippen molar-refractivity contribution >= 4 is 5.96 Å². The maximum Gasteiger partial charge on any atom is 0.191 e. The molecule has 0 spiro atoms. The zero-order valence-corrected chi connectivity index (χ0v) is 9.48. The summed E-state index contributed by atoms with van der Waals surface area (Å²) < 4.78 is 10.5. The maximum atomic E-state index is 5.89. The van der Waals surface area contributed by atoms with Crippen LogP contribution in [0.3, 0.4) is 0 Å². The van der Waals surface area contributed by atoms with E-state index in [0.29, 0.717) is 12.5 Å². The minimum atomic E-state index is 0.502. The first-order chi connectivity index (χ1) is 7.77. The second-order valence-corrected chi connectivity index (χ2v) is 3.80. The Balaban J connectivity index is 1.93. The van der Waals surface area contributed by atoms with Crippen LogP contribution in [-0.2, 0) is 11.3 Å². The van der Waals surface area contributed by atoms with Gasteiger partial charge in [0, 0.05) is 13.1 Å². The molecule has 1 aliphatic heterocycles. The van der Waals surface area contributed by atoms with Crippen LogP contribution < -0.4 is 5.73 Å². The van der Waals surface area contributed by atoms with E-state index < -0.39 is 0 Å². The summed E-state index contributed by atoms with van der Waals surface area (Å²) in [5.74, 6) is 1.44. The third-order valence-corrected chi connectivity index (χ3v) is 2.69. The molecule has 2 rings (SSSR count). The molecule has 0 unspecified atom stereocenters. The Bertz CT molecular complexity index is 367. The topological polar surface area (TPSA) is 64.0 Å². The van der Waals surface area contributed by atoms with E-state index >= 15 is 0 Å². The van der Waals surface area contributed by atoms with Crippen molar-refractivity contribution in [1.29, 1.82) is 0 Å². The summed E-state index contributed by atoms with van der Waals surface area (Å²) in [6, 6.07) is 1.93. The van der Waals surface area contributed by atoms with Crippen molar-refractivity contribution in [2.45, 2.75) is 13.5 Å². The number of ether oxygens (including phenoxy) is 1. The fourth-order valence-electron chi connectivity index (χ4n) is 1.61. The van der Waals surface area contributed by atoms with E-state index in [1.807, 2.05) is 17.9 Å². The van der Waals surface area contributed by atoms with Crippen LogP contribution in [0.15, 0.2) is 21.7 Å². The number of hydrogen-bond acceptors (Lipinski definition) is 3. The summed E-state index contributed by atoms with van der Waals surface area (Å²) in [6.45, 7) is 5.56. The van der Waals surface area contributed by atoms with Crippen molar-refractivity contribution < 1.29 is 9.15 Å². The Morgan fingerprint density at radius 2 is 2.25 bits per heavy atom. The number of hydrogen-bond donors (Lipinski definition) is 1. The number of aryl methyl sites for hydroxylation is 1. The lowest BCUT2D eigenvalue weighted by Crippen LogP contribution is -2.44. The molecular formula is C11H17N3O2. The Morgan fingerprint density at radius 3 is 2.88 bits per heavy atom. The van der Waals surface area contributed by atoms with E-state index in [-0.39, 0.29) is 0 Å². The largest absolute Gasteiger partial charge is 0.467 e. The van der Waals surface area contributed by atoms with Gasteiger partial charge in [-0.3, -0.25) is 0 Å². The average Bonchev–Trinajstić information content (AvgIpc) is 2.73. The van der Waals surface area contributed by atoms with E-state index in [4.69, 9.17) is 14.9 Å². The average molecular weight is 223 g/mol. The summed E-state index contributed by atoms with van der Waals surface area (Å²) in [5, 5.41) is 0. The van der Waals surface area contributed by atoms with E-state index in [9.17, 15) is 0 Å². The molecule has 0 radical (unpaired) electrons. The molecule has 1 aromatic rings. The van der Waals surface area contributed by atoms with Crippen molar-refractivity contribution in [2.24, 2.45) is 10.7 Å². The van der Waals surface area contributed by atoms with Gasteiger partial charge in [-0.25, -0.2) is 4.99 Å². The summed E-state index contributed by atoms with van der Waals surface area (Å²) in [7, 11) is 0. The lowest BCUT2D eigenvalue weighted by molar-refractivity contribution is 0.0674. The standard InChI is InChI=1S/C11H17N3O2/c1-9-2-5-16-10(9)8-13-11(12)14-3-6-15-7-4-14/h2,5H,3-4,6-8H2,1H3,(H2,12,13). The van der Waals surface area contributed by atoms with Crippen molar-refractivity contribution in [3.63, 3.8) is 0 Å². The first kappa shape index (κ1) is 11.0. The molecule has 1 fully saturated rings. The quantitative estimate of drug-likeness (QED) is 0.593. The van der Waals surface area contributed by atoms with Crippen LogP contribution in [-0.4, -0.2) is 37.2 Å². The lowest BCUT2D eigenvalue weighted by atomic mass is 10.3. The molecule has 88 valence electrons. The van der Waals surface area contributed by atoms with Gasteiger partial charge < -0.3 is 19.8 Å². The van der Waals surface area contributed by atoms with Gasteiger partial charge in [0.1, 0.15) is 12.3 Å². The van der Waals surface area contributed by atoms with Gasteiger partial charge in [0.2, 0.25) is 0 Å². The van der Waals surface area contributed by atoms with Gasteiger partial charge >= 0.3 is 0 Å². The molecule has 2 heterocycles. The molecular weight excluding hydrogens is 206 g/mol. The van der Waals surface area contributed by atoms with Crippen molar-refractivity contribution in [3.05, 3.63) is 23.7 Å². The number of guanidine groups is 1. The molecule has 0 aromatic carbocycles. The molecule has 0 aliphatic carbocycles. The fourth-order valence-corrected chi connectivity index (χ4v) is 1.61. The lowest BCUT2D eigenvalue weighted by Gasteiger charge is -2.27. The molecule has 5 nitrogen and oxygen atoms in total. The zero-order valence-electron chi connectivity index (χ0n) is 9.48. The van der Waals surface area contributed by atoms with Crippen LogP contribution in [0, 0.1) is 6.92 Å². The minimum Gasteiger partial charge on any atom is -0.467 e. The van der Waals surface area contributed by atoms with Crippen LogP contribution in [0.4, 0.5) is 0 Å². The highest BCUT2D eigenvalue weighted by Gasteiger charge is 2.12. The predicted molar refractivity (Wildman–Crippen MR) is 61.2 cm³/mol. The monoisotopic (exact) mass is 223 g/mol. The van der Waals surface area contributed by atoms with Crippen LogP contribution in [0.25, 0.3) is 0 Å². The summed E-state index contributed by atoms with van der Waals surface area (Å²) in [6.07, 6.45) is 1.67. The minimum absolute atomic E-state index is 0.502. The smallest absolute Gasteiger partial charge is 0.191 e. The highest BCUT2D eigenvalue weighted by molar-refractivity contribution is 5.78. The second kappa shape index (κ2) is 5.03. The Morgan fingerprint density at radius 1 is 1.50 bits per heavy atom. The van der Waals surface area contributed by atoms with E-state index in [1.54, 1.807) is 6.26 Å². The number of nitrogens with two attached hydrogens (primary N) is 1. The number of furan rings is 1. The van der Waals surface area contributed by atoms with Crippen LogP contribution in [0.1, 0.15) is 11.3 Å². The first-order valence-corrected chi connectivity index (χ1v) is 5.43. The molecule has 0 amide bonds.